The van der Waals surface area contributed by atoms with E-state index in [1.54, 1.807) is 0 Å². The predicted octanol–water partition coefficient (Wildman–Crippen LogP) is -0.136. The topological polar surface area (TPSA) is 119 Å². The van der Waals surface area contributed by atoms with Crippen molar-refractivity contribution in [1.29, 1.82) is 0 Å². The summed E-state index contributed by atoms with van der Waals surface area (Å²) in [5.41, 5.74) is 0. The molecule has 0 aromatic carbocycles. The van der Waals surface area contributed by atoms with Crippen molar-refractivity contribution in [2.45, 2.75) is 5.34 Å². The Kier molecular flexibility index (Phi) is 6.45. The molecule has 0 aliphatic rings. The molecule has 0 saturated carbocycles. The predicted molar refractivity (Wildman–Crippen MR) is 63.1 cm³/mol. The van der Waals surface area contributed by atoms with E-state index in [2.05, 4.69) is 30.1 Å². The molecule has 0 spiro atoms. The molecule has 8 nitrogen and oxygen atoms in total. The SMILES string of the molecule is COC(=O)C(CBr)C(OC)(C(=O)OC)P(=O)(O)O. The highest BCUT2D eigenvalue weighted by Crippen LogP contribution is 2.56. The summed E-state index contributed by atoms with van der Waals surface area (Å²) in [7, 11) is -2.30. The molecule has 0 radical (unpaired) electrons. The van der Waals surface area contributed by atoms with Gasteiger partial charge in [-0.25, -0.2) is 4.79 Å². The fourth-order valence-corrected chi connectivity index (χ4v) is 3.56. The summed E-state index contributed by atoms with van der Waals surface area (Å²) in [6.07, 6.45) is 0. The van der Waals surface area contributed by atoms with Crippen LogP contribution in [0.1, 0.15) is 0 Å². The number of esters is 2. The van der Waals surface area contributed by atoms with E-state index in [-0.39, 0.29) is 5.33 Å². The molecule has 0 rings (SSSR count). The number of hydrogen-bond donors (Lipinski definition) is 2. The van der Waals surface area contributed by atoms with E-state index in [0.29, 0.717) is 0 Å². The standard InChI is InChI=1S/C8H14BrO8P/c1-15-6(10)5(4-9)8(17-3,7(11)16-2)18(12,13)14/h5H,4H2,1-3H3,(H2,12,13,14). The molecule has 0 amide bonds. The van der Waals surface area contributed by atoms with Gasteiger partial charge in [-0.15, -0.1) is 0 Å². The Labute approximate surface area is 112 Å². The first kappa shape index (κ1) is 17.5. The second-order valence-electron chi connectivity index (χ2n) is 3.17. The van der Waals surface area contributed by atoms with Crippen molar-refractivity contribution >= 4 is 35.5 Å². The molecule has 0 aromatic heterocycles. The number of carbonyl (C=O) groups is 2. The zero-order chi connectivity index (χ0) is 14.6. The molecule has 2 unspecified atom stereocenters. The summed E-state index contributed by atoms with van der Waals surface area (Å²) in [5.74, 6) is -3.92. The first-order chi connectivity index (χ1) is 8.22. The summed E-state index contributed by atoms with van der Waals surface area (Å²) in [4.78, 5) is 41.9. The lowest BCUT2D eigenvalue weighted by Gasteiger charge is -2.34. The van der Waals surface area contributed by atoms with Crippen molar-refractivity contribution in [3.05, 3.63) is 0 Å². The van der Waals surface area contributed by atoms with Crippen LogP contribution in [-0.4, -0.2) is 53.7 Å². The number of carbonyl (C=O) groups excluding carboxylic acids is 2. The highest BCUT2D eigenvalue weighted by molar-refractivity contribution is 9.09. The smallest absolute Gasteiger partial charge is 0.369 e. The van der Waals surface area contributed by atoms with E-state index in [1.807, 2.05) is 0 Å². The maximum atomic E-state index is 11.7. The Morgan fingerprint density at radius 1 is 1.28 bits per heavy atom. The molecule has 106 valence electrons. The molecule has 0 fully saturated rings. The van der Waals surface area contributed by atoms with Crippen LogP contribution in [-0.2, 0) is 28.4 Å². The zero-order valence-electron chi connectivity index (χ0n) is 9.95. The first-order valence-electron chi connectivity index (χ1n) is 4.55. The van der Waals surface area contributed by atoms with Gasteiger partial charge in [0.1, 0.15) is 5.92 Å². The van der Waals surface area contributed by atoms with Crippen LogP contribution < -0.4 is 0 Å². The van der Waals surface area contributed by atoms with E-state index < -0.39 is 30.8 Å². The monoisotopic (exact) mass is 348 g/mol. The summed E-state index contributed by atoms with van der Waals surface area (Å²) in [6.45, 7) is 0. The van der Waals surface area contributed by atoms with Gasteiger partial charge in [-0.05, 0) is 0 Å². The van der Waals surface area contributed by atoms with Crippen molar-refractivity contribution < 1.29 is 38.2 Å². The average molecular weight is 349 g/mol. The molecule has 0 heterocycles. The fourth-order valence-electron chi connectivity index (χ4n) is 1.42. The van der Waals surface area contributed by atoms with Crippen molar-refractivity contribution in [3.8, 4) is 0 Å². The Morgan fingerprint density at radius 2 is 1.78 bits per heavy atom. The lowest BCUT2D eigenvalue weighted by atomic mass is 10.0. The number of hydrogen-bond acceptors (Lipinski definition) is 6. The number of methoxy groups -OCH3 is 3. The van der Waals surface area contributed by atoms with Crippen LogP contribution in [0.5, 0.6) is 0 Å². The molecule has 0 saturated heterocycles. The van der Waals surface area contributed by atoms with E-state index >= 15 is 0 Å². The molecule has 0 aromatic rings. The van der Waals surface area contributed by atoms with Gasteiger partial charge < -0.3 is 24.0 Å². The Bertz CT molecular complexity index is 366. The van der Waals surface area contributed by atoms with Crippen LogP contribution in [0.25, 0.3) is 0 Å². The third-order valence-electron chi connectivity index (χ3n) is 2.33. The Hall–Kier alpha value is -0.470. The molecule has 2 atom stereocenters. The van der Waals surface area contributed by atoms with Crippen LogP contribution in [0.3, 0.4) is 0 Å². The number of ether oxygens (including phenoxy) is 3. The molecule has 18 heavy (non-hydrogen) atoms. The van der Waals surface area contributed by atoms with E-state index in [0.717, 1.165) is 21.3 Å². The molecule has 0 aliphatic heterocycles. The molecule has 0 bridgehead atoms. The van der Waals surface area contributed by atoms with Crippen molar-refractivity contribution in [2.75, 3.05) is 26.7 Å². The third kappa shape index (κ3) is 2.92. The molecular formula is C8H14BrO8P. The number of alkyl halides is 1. The quantitative estimate of drug-likeness (QED) is 0.386. The van der Waals surface area contributed by atoms with Crippen LogP contribution in [0.15, 0.2) is 0 Å². The summed E-state index contributed by atoms with van der Waals surface area (Å²) >= 11 is 2.89. The summed E-state index contributed by atoms with van der Waals surface area (Å²) in [5, 5.41) is -2.99. The fraction of sp³-hybridized carbons (Fsp3) is 0.750. The van der Waals surface area contributed by atoms with Crippen molar-refractivity contribution in [3.63, 3.8) is 0 Å². The number of rotatable bonds is 6. The van der Waals surface area contributed by atoms with Gasteiger partial charge in [-0.3, -0.25) is 9.36 Å². The minimum absolute atomic E-state index is 0.256. The van der Waals surface area contributed by atoms with E-state index in [9.17, 15) is 23.9 Å². The molecule has 2 N–H and O–H groups in total. The van der Waals surface area contributed by atoms with Gasteiger partial charge in [0.25, 0.3) is 5.34 Å². The average Bonchev–Trinajstić information content (AvgIpc) is 2.32. The minimum Gasteiger partial charge on any atom is -0.469 e. The maximum Gasteiger partial charge on any atom is 0.369 e. The lowest BCUT2D eigenvalue weighted by molar-refractivity contribution is -0.171. The van der Waals surface area contributed by atoms with Crippen LogP contribution in [0.4, 0.5) is 0 Å². The third-order valence-corrected chi connectivity index (χ3v) is 4.52. The van der Waals surface area contributed by atoms with Gasteiger partial charge in [0, 0.05) is 12.4 Å². The Balaban J connectivity index is 5.93. The first-order valence-corrected chi connectivity index (χ1v) is 7.29. The van der Waals surface area contributed by atoms with Crippen LogP contribution in [0, 0.1) is 5.92 Å². The van der Waals surface area contributed by atoms with Crippen LogP contribution in [0.2, 0.25) is 0 Å². The van der Waals surface area contributed by atoms with E-state index in [4.69, 9.17) is 0 Å². The number of halogens is 1. The summed E-state index contributed by atoms with van der Waals surface area (Å²) in [6, 6.07) is 0. The highest BCUT2D eigenvalue weighted by atomic mass is 79.9. The van der Waals surface area contributed by atoms with E-state index in [1.165, 1.54) is 0 Å². The summed E-state index contributed by atoms with van der Waals surface area (Å²) < 4.78 is 24.9. The molecular weight excluding hydrogens is 335 g/mol. The molecule has 0 aliphatic carbocycles. The zero-order valence-corrected chi connectivity index (χ0v) is 12.4. The van der Waals surface area contributed by atoms with Crippen molar-refractivity contribution in [1.82, 2.24) is 0 Å². The highest BCUT2D eigenvalue weighted by Gasteiger charge is 2.63. The van der Waals surface area contributed by atoms with Gasteiger partial charge in [0.15, 0.2) is 0 Å². The maximum absolute atomic E-state index is 11.7. The Morgan fingerprint density at radius 3 is 2.00 bits per heavy atom. The van der Waals surface area contributed by atoms with Crippen LogP contribution >= 0.6 is 23.5 Å². The van der Waals surface area contributed by atoms with Gasteiger partial charge in [-0.1, -0.05) is 15.9 Å². The normalized spacial score (nSPS) is 16.6. The lowest BCUT2D eigenvalue weighted by Crippen LogP contribution is -2.52. The second-order valence-corrected chi connectivity index (χ2v) is 5.57. The van der Waals surface area contributed by atoms with Gasteiger partial charge in [-0.2, -0.15) is 0 Å². The molecule has 10 heteroatoms. The van der Waals surface area contributed by atoms with Crippen molar-refractivity contribution in [2.24, 2.45) is 5.92 Å². The van der Waals surface area contributed by atoms with Gasteiger partial charge in [0.2, 0.25) is 0 Å². The van der Waals surface area contributed by atoms with Gasteiger partial charge >= 0.3 is 19.5 Å². The minimum atomic E-state index is -5.15. The largest absolute Gasteiger partial charge is 0.469 e. The van der Waals surface area contributed by atoms with Gasteiger partial charge in [0.05, 0.1) is 14.2 Å². The second kappa shape index (κ2) is 6.63.